The van der Waals surface area contributed by atoms with Crippen molar-refractivity contribution >= 4 is 11.7 Å². The fraction of sp³-hybridized carbons (Fsp3) is 0.353. The van der Waals surface area contributed by atoms with Gasteiger partial charge in [0.05, 0.1) is 7.11 Å². The van der Waals surface area contributed by atoms with E-state index >= 15 is 0 Å². The number of aromatic nitrogens is 2. The van der Waals surface area contributed by atoms with Gasteiger partial charge in [-0.1, -0.05) is 12.1 Å². The molecule has 0 saturated carbocycles. The summed E-state index contributed by atoms with van der Waals surface area (Å²) in [4.78, 5) is 12.0. The van der Waals surface area contributed by atoms with Crippen LogP contribution >= 0.6 is 0 Å². The van der Waals surface area contributed by atoms with E-state index in [0.29, 0.717) is 18.1 Å². The molecule has 122 valence electrons. The van der Waals surface area contributed by atoms with Crippen molar-refractivity contribution in [1.82, 2.24) is 15.5 Å². The summed E-state index contributed by atoms with van der Waals surface area (Å²) in [6.45, 7) is 6.38. The minimum Gasteiger partial charge on any atom is -0.497 e. The Balaban J connectivity index is 1.93. The maximum atomic E-state index is 12.0. The molecule has 0 aliphatic heterocycles. The van der Waals surface area contributed by atoms with Gasteiger partial charge in [-0.3, -0.25) is 4.79 Å². The molecule has 23 heavy (non-hydrogen) atoms. The number of nitrogens with one attached hydrogen (secondary N) is 2. The number of amides is 1. The van der Waals surface area contributed by atoms with Crippen molar-refractivity contribution in [3.63, 3.8) is 0 Å². The minimum atomic E-state index is -0.302. The van der Waals surface area contributed by atoms with E-state index in [4.69, 9.17) is 4.74 Å². The molecular formula is C17H22N4O2. The van der Waals surface area contributed by atoms with Gasteiger partial charge in [-0.2, -0.15) is 0 Å². The Hall–Kier alpha value is -2.63. The first-order valence-corrected chi connectivity index (χ1v) is 7.40. The number of benzene rings is 1. The number of hydrogen-bond acceptors (Lipinski definition) is 5. The molecular weight excluding hydrogens is 292 g/mol. The van der Waals surface area contributed by atoms with Crippen LogP contribution in [0.15, 0.2) is 36.4 Å². The molecule has 0 saturated heterocycles. The lowest BCUT2D eigenvalue weighted by atomic mass is 10.1. The van der Waals surface area contributed by atoms with Crippen LogP contribution in [0.2, 0.25) is 0 Å². The van der Waals surface area contributed by atoms with E-state index in [9.17, 15) is 4.79 Å². The summed E-state index contributed by atoms with van der Waals surface area (Å²) in [5.74, 6) is 1.21. The van der Waals surface area contributed by atoms with Gasteiger partial charge in [0.15, 0.2) is 5.69 Å². The summed E-state index contributed by atoms with van der Waals surface area (Å²) < 4.78 is 5.12. The molecule has 0 unspecified atom stereocenters. The lowest BCUT2D eigenvalue weighted by Gasteiger charge is -2.19. The van der Waals surface area contributed by atoms with Crippen LogP contribution in [0.3, 0.4) is 0 Å². The van der Waals surface area contributed by atoms with Crippen molar-refractivity contribution in [2.45, 2.75) is 32.9 Å². The van der Waals surface area contributed by atoms with Gasteiger partial charge in [0.1, 0.15) is 11.6 Å². The highest BCUT2D eigenvalue weighted by atomic mass is 16.5. The fourth-order valence-electron chi connectivity index (χ4n) is 1.89. The topological polar surface area (TPSA) is 76.1 Å². The summed E-state index contributed by atoms with van der Waals surface area (Å²) in [5.41, 5.74) is 1.10. The van der Waals surface area contributed by atoms with Crippen molar-refractivity contribution < 1.29 is 9.53 Å². The number of rotatable bonds is 5. The molecule has 0 bridgehead atoms. The van der Waals surface area contributed by atoms with Crippen LogP contribution in [0.1, 0.15) is 36.8 Å². The zero-order chi connectivity index (χ0) is 16.9. The molecule has 6 heteroatoms. The average Bonchev–Trinajstić information content (AvgIpc) is 2.52. The summed E-state index contributed by atoms with van der Waals surface area (Å²) in [7, 11) is 1.64. The Morgan fingerprint density at radius 2 is 1.78 bits per heavy atom. The lowest BCUT2D eigenvalue weighted by molar-refractivity contribution is 0.0913. The number of ether oxygens (including phenoxy) is 1. The zero-order valence-corrected chi connectivity index (χ0v) is 13.9. The Labute approximate surface area is 136 Å². The van der Waals surface area contributed by atoms with Crippen LogP contribution in [0.25, 0.3) is 0 Å². The second kappa shape index (κ2) is 7.09. The fourth-order valence-corrected chi connectivity index (χ4v) is 1.89. The Bertz CT molecular complexity index is 646. The molecule has 1 amide bonds. The predicted molar refractivity (Wildman–Crippen MR) is 89.6 cm³/mol. The maximum Gasteiger partial charge on any atom is 0.272 e. The van der Waals surface area contributed by atoms with Crippen molar-refractivity contribution in [2.75, 3.05) is 12.4 Å². The van der Waals surface area contributed by atoms with E-state index in [1.165, 1.54) is 0 Å². The number of carbonyl (C=O) groups excluding carboxylic acids is 1. The van der Waals surface area contributed by atoms with Crippen LogP contribution in [-0.2, 0) is 6.54 Å². The van der Waals surface area contributed by atoms with Crippen LogP contribution in [0.5, 0.6) is 5.75 Å². The third kappa shape index (κ3) is 5.25. The van der Waals surface area contributed by atoms with E-state index < -0.39 is 0 Å². The van der Waals surface area contributed by atoms with Gasteiger partial charge in [-0.15, -0.1) is 10.2 Å². The standard InChI is InChI=1S/C17H22N4O2/c1-17(2,3)19-16(22)14-9-10-15(21-20-14)18-11-12-5-7-13(23-4)8-6-12/h5-10H,11H2,1-4H3,(H,18,21)(H,19,22). The number of hydrogen-bond donors (Lipinski definition) is 2. The van der Waals surface area contributed by atoms with Crippen LogP contribution in [0, 0.1) is 0 Å². The molecule has 0 aliphatic carbocycles. The highest BCUT2D eigenvalue weighted by Gasteiger charge is 2.16. The SMILES string of the molecule is COc1ccc(CNc2ccc(C(=O)NC(C)(C)C)nn2)cc1. The van der Waals surface area contributed by atoms with Gasteiger partial charge >= 0.3 is 0 Å². The van der Waals surface area contributed by atoms with Crippen LogP contribution < -0.4 is 15.4 Å². The van der Waals surface area contributed by atoms with Crippen molar-refractivity contribution in [2.24, 2.45) is 0 Å². The van der Waals surface area contributed by atoms with Crippen molar-refractivity contribution in [3.05, 3.63) is 47.7 Å². The quantitative estimate of drug-likeness (QED) is 0.887. The van der Waals surface area contributed by atoms with Crippen LogP contribution in [-0.4, -0.2) is 28.8 Å². The van der Waals surface area contributed by atoms with Gasteiger partial charge in [0.25, 0.3) is 5.91 Å². The Morgan fingerprint density at radius 3 is 2.30 bits per heavy atom. The van der Waals surface area contributed by atoms with E-state index in [2.05, 4.69) is 20.8 Å². The monoisotopic (exact) mass is 314 g/mol. The first kappa shape index (κ1) is 16.7. The van der Waals surface area contributed by atoms with Gasteiger partial charge < -0.3 is 15.4 Å². The molecule has 0 fully saturated rings. The lowest BCUT2D eigenvalue weighted by Crippen LogP contribution is -2.41. The predicted octanol–water partition coefficient (Wildman–Crippen LogP) is 2.63. The first-order chi connectivity index (χ1) is 10.9. The normalized spacial score (nSPS) is 11.0. The Kier molecular flexibility index (Phi) is 5.16. The number of methoxy groups -OCH3 is 1. The van der Waals surface area contributed by atoms with E-state index in [0.717, 1.165) is 11.3 Å². The smallest absolute Gasteiger partial charge is 0.272 e. The summed E-state index contributed by atoms with van der Waals surface area (Å²) in [6, 6.07) is 11.2. The van der Waals surface area contributed by atoms with Crippen molar-refractivity contribution in [3.8, 4) is 5.75 Å². The van der Waals surface area contributed by atoms with Gasteiger partial charge in [-0.05, 0) is 50.6 Å². The van der Waals surface area contributed by atoms with Gasteiger partial charge in [-0.25, -0.2) is 0 Å². The third-order valence-corrected chi connectivity index (χ3v) is 3.02. The second-order valence-corrected chi connectivity index (χ2v) is 6.21. The molecule has 0 spiro atoms. The molecule has 2 aromatic rings. The molecule has 6 nitrogen and oxygen atoms in total. The van der Waals surface area contributed by atoms with Crippen LogP contribution in [0.4, 0.5) is 5.82 Å². The van der Waals surface area contributed by atoms with E-state index in [1.807, 2.05) is 45.0 Å². The number of anilines is 1. The number of carbonyl (C=O) groups is 1. The third-order valence-electron chi connectivity index (χ3n) is 3.02. The maximum absolute atomic E-state index is 12.0. The number of nitrogens with zero attached hydrogens (tertiary/aromatic N) is 2. The van der Waals surface area contributed by atoms with E-state index in [1.54, 1.807) is 19.2 Å². The van der Waals surface area contributed by atoms with Crippen molar-refractivity contribution in [1.29, 1.82) is 0 Å². The highest BCUT2D eigenvalue weighted by Crippen LogP contribution is 2.12. The molecule has 2 rings (SSSR count). The zero-order valence-electron chi connectivity index (χ0n) is 13.9. The molecule has 1 heterocycles. The van der Waals surface area contributed by atoms with Gasteiger partial charge in [0, 0.05) is 12.1 Å². The molecule has 0 radical (unpaired) electrons. The average molecular weight is 314 g/mol. The highest BCUT2D eigenvalue weighted by molar-refractivity contribution is 5.92. The molecule has 2 N–H and O–H groups in total. The summed E-state index contributed by atoms with van der Waals surface area (Å²) in [6.07, 6.45) is 0. The summed E-state index contributed by atoms with van der Waals surface area (Å²) in [5, 5.41) is 14.0. The van der Waals surface area contributed by atoms with E-state index in [-0.39, 0.29) is 11.4 Å². The molecule has 0 aliphatic rings. The largest absolute Gasteiger partial charge is 0.497 e. The molecule has 0 atom stereocenters. The minimum absolute atomic E-state index is 0.230. The van der Waals surface area contributed by atoms with Gasteiger partial charge in [0.2, 0.25) is 0 Å². The molecule has 1 aromatic heterocycles. The Morgan fingerprint density at radius 1 is 1.09 bits per heavy atom. The molecule has 1 aromatic carbocycles. The second-order valence-electron chi connectivity index (χ2n) is 6.21. The first-order valence-electron chi connectivity index (χ1n) is 7.40. The summed E-state index contributed by atoms with van der Waals surface area (Å²) >= 11 is 0.